The van der Waals surface area contributed by atoms with Crippen LogP contribution in [0, 0.1) is 0 Å². The molecule has 6 nitrogen and oxygen atoms in total. The fourth-order valence-corrected chi connectivity index (χ4v) is 2.04. The molecule has 0 aromatic heterocycles. The van der Waals surface area contributed by atoms with Crippen LogP contribution in [0.25, 0.3) is 0 Å². The third kappa shape index (κ3) is 4.64. The minimum Gasteiger partial charge on any atom is -0.481 e. The van der Waals surface area contributed by atoms with Crippen LogP contribution in [0.3, 0.4) is 0 Å². The van der Waals surface area contributed by atoms with Gasteiger partial charge in [-0.15, -0.1) is 0 Å². The van der Waals surface area contributed by atoms with Crippen LogP contribution >= 0.6 is 0 Å². The summed E-state index contributed by atoms with van der Waals surface area (Å²) in [5, 5.41) is 8.46. The monoisotopic (exact) mass is 270 g/mol. The van der Waals surface area contributed by atoms with Gasteiger partial charge in [0.2, 0.25) is 5.91 Å². The molecule has 0 saturated heterocycles. The van der Waals surface area contributed by atoms with Crippen molar-refractivity contribution >= 4 is 22.9 Å². The predicted molar refractivity (Wildman–Crippen MR) is 65.8 cm³/mol. The summed E-state index contributed by atoms with van der Waals surface area (Å²) in [6, 6.07) is 7.40. The maximum absolute atomic E-state index is 11.7. The lowest BCUT2D eigenvalue weighted by molar-refractivity contribution is -0.137. The molecule has 0 fully saturated rings. The van der Waals surface area contributed by atoms with Crippen LogP contribution in [0.1, 0.15) is 12.8 Å². The van der Waals surface area contributed by atoms with E-state index in [9.17, 15) is 13.8 Å². The average molecular weight is 270 g/mol. The van der Waals surface area contributed by atoms with Crippen molar-refractivity contribution in [3.63, 3.8) is 0 Å². The Morgan fingerprint density at radius 1 is 1.33 bits per heavy atom. The summed E-state index contributed by atoms with van der Waals surface area (Å²) < 4.78 is 13.9. The van der Waals surface area contributed by atoms with E-state index >= 15 is 0 Å². The largest absolute Gasteiger partial charge is 0.481 e. The van der Waals surface area contributed by atoms with Crippen molar-refractivity contribution < 1.29 is 18.9 Å². The smallest absolute Gasteiger partial charge is 0.303 e. The molecule has 2 unspecified atom stereocenters. The van der Waals surface area contributed by atoms with Crippen LogP contribution < -0.4 is 10.5 Å². The van der Waals surface area contributed by atoms with E-state index in [1.165, 1.54) is 0 Å². The van der Waals surface area contributed by atoms with E-state index in [-0.39, 0.29) is 12.8 Å². The van der Waals surface area contributed by atoms with Crippen LogP contribution in [0.5, 0.6) is 0 Å². The van der Waals surface area contributed by atoms with E-state index in [2.05, 4.69) is 4.72 Å². The number of hydrogen-bond acceptors (Lipinski definition) is 4. The molecular weight excluding hydrogens is 256 g/mol. The number of rotatable bonds is 6. The molecule has 1 rings (SSSR count). The van der Waals surface area contributed by atoms with E-state index in [1.54, 1.807) is 30.3 Å². The highest BCUT2D eigenvalue weighted by Gasteiger charge is 2.17. The van der Waals surface area contributed by atoms with Crippen molar-refractivity contribution in [2.75, 3.05) is 0 Å². The zero-order valence-corrected chi connectivity index (χ0v) is 10.4. The van der Waals surface area contributed by atoms with Crippen molar-refractivity contribution in [1.82, 2.24) is 4.72 Å². The molecule has 0 spiro atoms. The number of hydrogen-bond donors (Lipinski definition) is 3. The second-order valence-electron chi connectivity index (χ2n) is 3.59. The van der Waals surface area contributed by atoms with Crippen molar-refractivity contribution in [2.45, 2.75) is 23.8 Å². The van der Waals surface area contributed by atoms with Gasteiger partial charge in [-0.05, 0) is 18.6 Å². The molecule has 2 atom stereocenters. The fraction of sp³-hybridized carbons (Fsp3) is 0.273. The Balaban J connectivity index is 2.49. The molecule has 1 aromatic carbocycles. The third-order valence-electron chi connectivity index (χ3n) is 2.16. The van der Waals surface area contributed by atoms with Gasteiger partial charge in [0.1, 0.15) is 0 Å². The number of carbonyl (C=O) groups excluding carboxylic acids is 1. The Morgan fingerprint density at radius 3 is 2.50 bits per heavy atom. The van der Waals surface area contributed by atoms with Crippen molar-refractivity contribution in [1.29, 1.82) is 0 Å². The minimum absolute atomic E-state index is 0.00710. The molecule has 98 valence electrons. The summed E-state index contributed by atoms with van der Waals surface area (Å²) in [5.41, 5.74) is 5.48. The minimum atomic E-state index is -1.68. The maximum Gasteiger partial charge on any atom is 0.303 e. The lowest BCUT2D eigenvalue weighted by Gasteiger charge is -2.10. The fourth-order valence-electron chi connectivity index (χ4n) is 1.18. The zero-order valence-electron chi connectivity index (χ0n) is 9.54. The highest BCUT2D eigenvalue weighted by molar-refractivity contribution is 7.83. The summed E-state index contributed by atoms with van der Waals surface area (Å²) in [5.74, 6) is -1.65. The van der Waals surface area contributed by atoms with Gasteiger partial charge >= 0.3 is 5.97 Å². The molecule has 0 heterocycles. The molecule has 0 aliphatic heterocycles. The van der Waals surface area contributed by atoms with E-state index < -0.39 is 28.9 Å². The van der Waals surface area contributed by atoms with Crippen LogP contribution in [0.2, 0.25) is 0 Å². The number of aliphatic carboxylic acids is 1. The van der Waals surface area contributed by atoms with Gasteiger partial charge in [-0.3, -0.25) is 14.3 Å². The molecule has 0 aliphatic rings. The molecule has 0 saturated carbocycles. The quantitative estimate of drug-likeness (QED) is 0.675. The first-order chi connectivity index (χ1) is 8.50. The average Bonchev–Trinajstić information content (AvgIpc) is 2.36. The second kappa shape index (κ2) is 6.87. The van der Waals surface area contributed by atoms with E-state index in [1.807, 2.05) is 0 Å². The van der Waals surface area contributed by atoms with Crippen LogP contribution in [-0.2, 0) is 20.6 Å². The van der Waals surface area contributed by atoms with Crippen LogP contribution in [0.15, 0.2) is 35.2 Å². The molecule has 1 aromatic rings. The number of carbonyl (C=O) groups is 2. The lowest BCUT2D eigenvalue weighted by atomic mass is 10.1. The first kappa shape index (κ1) is 14.3. The highest BCUT2D eigenvalue weighted by Crippen LogP contribution is 2.03. The Morgan fingerprint density at radius 2 is 1.94 bits per heavy atom. The van der Waals surface area contributed by atoms with E-state index in [4.69, 9.17) is 10.8 Å². The summed E-state index contributed by atoms with van der Waals surface area (Å²) in [6.45, 7) is 0. The van der Waals surface area contributed by atoms with Crippen molar-refractivity contribution in [3.8, 4) is 0 Å². The molecule has 1 amide bonds. The zero-order chi connectivity index (χ0) is 13.5. The highest BCUT2D eigenvalue weighted by atomic mass is 32.2. The standard InChI is InChI=1S/C11H14N2O4S/c12-9(6-7-10(14)15)11(16)13-18(17)8-4-2-1-3-5-8/h1-5,9H,6-7,12H2,(H,13,16)(H,14,15). The molecule has 4 N–H and O–H groups in total. The number of amides is 1. The van der Waals surface area contributed by atoms with Gasteiger partial charge in [-0.25, -0.2) is 4.21 Å². The van der Waals surface area contributed by atoms with Crippen molar-refractivity contribution in [3.05, 3.63) is 30.3 Å². The Hall–Kier alpha value is -1.73. The van der Waals surface area contributed by atoms with E-state index in [0.29, 0.717) is 4.90 Å². The third-order valence-corrected chi connectivity index (χ3v) is 3.24. The summed E-state index contributed by atoms with van der Waals surface area (Å²) in [7, 11) is -1.68. The Bertz CT molecular complexity index is 450. The van der Waals surface area contributed by atoms with Gasteiger partial charge in [0.05, 0.1) is 10.9 Å². The number of nitrogens with two attached hydrogens (primary N) is 1. The Labute approximate surface area is 107 Å². The van der Waals surface area contributed by atoms with Gasteiger partial charge in [0.15, 0.2) is 11.0 Å². The lowest BCUT2D eigenvalue weighted by Crippen LogP contribution is -2.41. The summed E-state index contributed by atoms with van der Waals surface area (Å²) in [4.78, 5) is 22.3. The van der Waals surface area contributed by atoms with E-state index in [0.717, 1.165) is 0 Å². The molecule has 0 bridgehead atoms. The Kier molecular flexibility index (Phi) is 5.47. The molecule has 18 heavy (non-hydrogen) atoms. The first-order valence-electron chi connectivity index (χ1n) is 5.25. The van der Waals surface area contributed by atoms with Crippen LogP contribution in [-0.4, -0.2) is 27.2 Å². The molecule has 0 radical (unpaired) electrons. The van der Waals surface area contributed by atoms with Gasteiger partial charge in [0.25, 0.3) is 0 Å². The SMILES string of the molecule is NC(CCC(=O)O)C(=O)NS(=O)c1ccccc1. The molecule has 0 aliphatic carbocycles. The van der Waals surface area contributed by atoms with Gasteiger partial charge in [0, 0.05) is 6.42 Å². The maximum atomic E-state index is 11.7. The van der Waals surface area contributed by atoms with Gasteiger partial charge in [-0.1, -0.05) is 18.2 Å². The number of benzene rings is 1. The number of nitrogens with one attached hydrogen (secondary N) is 1. The summed E-state index contributed by atoms with van der Waals surface area (Å²) in [6.07, 6.45) is -0.195. The first-order valence-corrected chi connectivity index (χ1v) is 6.40. The van der Waals surface area contributed by atoms with Gasteiger partial charge in [-0.2, -0.15) is 0 Å². The van der Waals surface area contributed by atoms with Gasteiger partial charge < -0.3 is 10.8 Å². The molecular formula is C11H14N2O4S. The normalized spacial score (nSPS) is 13.6. The molecule has 7 heteroatoms. The summed E-state index contributed by atoms with van der Waals surface area (Å²) >= 11 is 0. The predicted octanol–water partition coefficient (Wildman–Crippen LogP) is 0.0175. The van der Waals surface area contributed by atoms with Crippen molar-refractivity contribution in [2.24, 2.45) is 5.73 Å². The topological polar surface area (TPSA) is 109 Å². The number of carboxylic acids is 1. The number of carboxylic acid groups (broad SMARTS) is 1. The second-order valence-corrected chi connectivity index (χ2v) is 4.80. The van der Waals surface area contributed by atoms with Crippen LogP contribution in [0.4, 0.5) is 0 Å².